The highest BCUT2D eigenvalue weighted by molar-refractivity contribution is 6.34. The fourth-order valence-corrected chi connectivity index (χ4v) is 2.26. The van der Waals surface area contributed by atoms with Crippen molar-refractivity contribution in [3.63, 3.8) is 0 Å². The summed E-state index contributed by atoms with van der Waals surface area (Å²) in [5.41, 5.74) is 4.13. The number of carbonyl (C=O) groups is 2. The van der Waals surface area contributed by atoms with Gasteiger partial charge in [-0.1, -0.05) is 30.3 Å². The molecular formula is C20H23N3O3. The molecule has 2 amide bonds. The molecule has 2 rings (SSSR count). The highest BCUT2D eigenvalue weighted by Gasteiger charge is 2.18. The Bertz CT molecular complexity index is 739. The van der Waals surface area contributed by atoms with Gasteiger partial charge in [0.2, 0.25) is 0 Å². The summed E-state index contributed by atoms with van der Waals surface area (Å²) in [4.78, 5) is 25.0. The summed E-state index contributed by atoms with van der Waals surface area (Å²) in [6.45, 7) is 5.10. The number of carbonyl (C=O) groups excluding carboxylic acids is 2. The number of amides is 2. The van der Waals surface area contributed by atoms with E-state index in [1.165, 1.54) is 11.1 Å². The van der Waals surface area contributed by atoms with Crippen LogP contribution < -0.4 is 10.2 Å². The first kappa shape index (κ1) is 19.2. The molecule has 0 radical (unpaired) electrons. The molecule has 136 valence electrons. The van der Waals surface area contributed by atoms with Gasteiger partial charge in [-0.15, -0.1) is 0 Å². The molecule has 0 saturated heterocycles. The van der Waals surface area contributed by atoms with E-state index in [2.05, 4.69) is 10.5 Å². The largest absolute Gasteiger partial charge is 0.489 e. The van der Waals surface area contributed by atoms with Crippen molar-refractivity contribution in [2.45, 2.75) is 20.5 Å². The van der Waals surface area contributed by atoms with E-state index < -0.39 is 11.8 Å². The molecule has 2 aromatic carbocycles. The maximum Gasteiger partial charge on any atom is 0.329 e. The zero-order chi connectivity index (χ0) is 18.8. The minimum atomic E-state index is -0.743. The number of ether oxygens (including phenoxy) is 1. The van der Waals surface area contributed by atoms with Gasteiger partial charge in [0.05, 0.1) is 6.21 Å². The van der Waals surface area contributed by atoms with E-state index in [1.54, 1.807) is 0 Å². The number of hydrazone groups is 1. The average Bonchev–Trinajstić information content (AvgIpc) is 2.69. The van der Waals surface area contributed by atoms with Crippen LogP contribution in [0.4, 0.5) is 0 Å². The summed E-state index contributed by atoms with van der Waals surface area (Å²) in [5.74, 6) is -0.587. The number of hydrogen-bond acceptors (Lipinski definition) is 4. The van der Waals surface area contributed by atoms with Gasteiger partial charge in [0.25, 0.3) is 0 Å². The van der Waals surface area contributed by atoms with E-state index >= 15 is 0 Å². The Hall–Kier alpha value is -3.15. The van der Waals surface area contributed by atoms with Crippen molar-refractivity contribution >= 4 is 18.0 Å². The van der Waals surface area contributed by atoms with Crippen LogP contribution in [0.3, 0.4) is 0 Å². The zero-order valence-corrected chi connectivity index (χ0v) is 15.0. The van der Waals surface area contributed by atoms with Crippen LogP contribution >= 0.6 is 0 Å². The third-order valence-corrected chi connectivity index (χ3v) is 3.75. The van der Waals surface area contributed by atoms with Crippen LogP contribution in [0.2, 0.25) is 0 Å². The van der Waals surface area contributed by atoms with E-state index in [1.807, 2.05) is 68.4 Å². The Balaban J connectivity index is 1.83. The molecule has 0 aromatic heterocycles. The van der Waals surface area contributed by atoms with Crippen LogP contribution in [0.5, 0.6) is 5.75 Å². The Kier molecular flexibility index (Phi) is 7.36. The number of benzene rings is 2. The predicted molar refractivity (Wildman–Crippen MR) is 101 cm³/mol. The van der Waals surface area contributed by atoms with Gasteiger partial charge in [-0.3, -0.25) is 9.59 Å². The average molecular weight is 353 g/mol. The van der Waals surface area contributed by atoms with Crippen molar-refractivity contribution in [1.29, 1.82) is 0 Å². The highest BCUT2D eigenvalue weighted by Crippen LogP contribution is 2.13. The normalized spacial score (nSPS) is 10.5. The summed E-state index contributed by atoms with van der Waals surface area (Å²) in [6, 6.07) is 17.2. The number of rotatable bonds is 7. The molecular weight excluding hydrogens is 330 g/mol. The molecule has 0 atom stereocenters. The summed E-state index contributed by atoms with van der Waals surface area (Å²) < 4.78 is 5.71. The highest BCUT2D eigenvalue weighted by atomic mass is 16.5. The molecule has 0 unspecified atom stereocenters. The molecule has 6 nitrogen and oxygen atoms in total. The van der Waals surface area contributed by atoms with Crippen molar-refractivity contribution in [1.82, 2.24) is 10.3 Å². The number of likely N-dealkylation sites (N-methyl/N-ethyl adjacent to an activating group) is 1. The lowest BCUT2D eigenvalue weighted by Crippen LogP contribution is -2.41. The van der Waals surface area contributed by atoms with E-state index in [0.29, 0.717) is 19.7 Å². The van der Waals surface area contributed by atoms with Crippen molar-refractivity contribution in [2.24, 2.45) is 5.10 Å². The van der Waals surface area contributed by atoms with Gasteiger partial charge in [-0.25, -0.2) is 5.43 Å². The Labute approximate surface area is 153 Å². The second-order valence-electron chi connectivity index (χ2n) is 5.52. The zero-order valence-electron chi connectivity index (χ0n) is 15.0. The van der Waals surface area contributed by atoms with E-state index in [4.69, 9.17) is 4.74 Å². The molecule has 0 heterocycles. The standard InChI is InChI=1S/C20H23N3O3/c1-3-23(4-2)20(25)19(24)22-21-14-16-10-12-18(13-11-16)26-15-17-8-6-5-7-9-17/h5-14H,3-4,15H2,1-2H3,(H,22,24)/b21-14-. The summed E-state index contributed by atoms with van der Waals surface area (Å²) in [6.07, 6.45) is 1.48. The van der Waals surface area contributed by atoms with Crippen molar-refractivity contribution in [3.05, 3.63) is 65.7 Å². The lowest BCUT2D eigenvalue weighted by molar-refractivity contribution is -0.145. The second kappa shape index (κ2) is 9.98. The molecule has 0 aliphatic heterocycles. The molecule has 0 fully saturated rings. The molecule has 0 spiro atoms. The van der Waals surface area contributed by atoms with Gasteiger partial charge in [0.1, 0.15) is 12.4 Å². The summed E-state index contributed by atoms with van der Waals surface area (Å²) in [5, 5.41) is 3.82. The maximum atomic E-state index is 11.8. The first-order chi connectivity index (χ1) is 12.6. The Morgan fingerprint density at radius 2 is 1.69 bits per heavy atom. The van der Waals surface area contributed by atoms with Crippen LogP contribution in [-0.4, -0.2) is 36.0 Å². The number of hydrogen-bond donors (Lipinski definition) is 1. The minimum absolute atomic E-state index is 0.483. The fraction of sp³-hybridized carbons (Fsp3) is 0.250. The number of nitrogens with zero attached hydrogens (tertiary/aromatic N) is 2. The Morgan fingerprint density at radius 1 is 1.04 bits per heavy atom. The van der Waals surface area contributed by atoms with Crippen LogP contribution in [-0.2, 0) is 16.2 Å². The molecule has 26 heavy (non-hydrogen) atoms. The fourth-order valence-electron chi connectivity index (χ4n) is 2.26. The smallest absolute Gasteiger partial charge is 0.329 e. The lowest BCUT2D eigenvalue weighted by atomic mass is 10.2. The van der Waals surface area contributed by atoms with E-state index in [9.17, 15) is 9.59 Å². The molecule has 2 aromatic rings. The van der Waals surface area contributed by atoms with Gasteiger partial charge in [-0.2, -0.15) is 5.10 Å². The molecule has 0 saturated carbocycles. The van der Waals surface area contributed by atoms with Crippen LogP contribution in [0, 0.1) is 0 Å². The Morgan fingerprint density at radius 3 is 2.31 bits per heavy atom. The maximum absolute atomic E-state index is 11.8. The molecule has 0 aliphatic carbocycles. The molecule has 6 heteroatoms. The van der Waals surface area contributed by atoms with Crippen LogP contribution in [0.15, 0.2) is 59.7 Å². The molecule has 0 aliphatic rings. The van der Waals surface area contributed by atoms with E-state index in [0.717, 1.165) is 16.9 Å². The SMILES string of the molecule is CCN(CC)C(=O)C(=O)N/N=C\c1ccc(OCc2ccccc2)cc1. The van der Waals surface area contributed by atoms with Gasteiger partial charge in [0, 0.05) is 13.1 Å². The topological polar surface area (TPSA) is 71.0 Å². The minimum Gasteiger partial charge on any atom is -0.489 e. The molecule has 0 bridgehead atoms. The van der Waals surface area contributed by atoms with Crippen molar-refractivity contribution in [3.8, 4) is 5.75 Å². The first-order valence-corrected chi connectivity index (χ1v) is 8.53. The van der Waals surface area contributed by atoms with Gasteiger partial charge < -0.3 is 9.64 Å². The van der Waals surface area contributed by atoms with Gasteiger partial charge in [0.15, 0.2) is 0 Å². The second-order valence-corrected chi connectivity index (χ2v) is 5.52. The van der Waals surface area contributed by atoms with Crippen molar-refractivity contribution < 1.29 is 14.3 Å². The van der Waals surface area contributed by atoms with Gasteiger partial charge >= 0.3 is 11.8 Å². The summed E-state index contributed by atoms with van der Waals surface area (Å²) >= 11 is 0. The monoisotopic (exact) mass is 353 g/mol. The predicted octanol–water partition coefficient (Wildman–Crippen LogP) is 2.58. The summed E-state index contributed by atoms with van der Waals surface area (Å²) in [7, 11) is 0. The third kappa shape index (κ3) is 5.73. The quantitative estimate of drug-likeness (QED) is 0.472. The van der Waals surface area contributed by atoms with Gasteiger partial charge in [-0.05, 0) is 49.2 Å². The third-order valence-electron chi connectivity index (χ3n) is 3.75. The molecule has 1 N–H and O–H groups in total. The number of nitrogens with one attached hydrogen (secondary N) is 1. The lowest BCUT2D eigenvalue weighted by Gasteiger charge is -2.16. The van der Waals surface area contributed by atoms with Crippen molar-refractivity contribution in [2.75, 3.05) is 13.1 Å². The van der Waals surface area contributed by atoms with Crippen LogP contribution in [0.1, 0.15) is 25.0 Å². The first-order valence-electron chi connectivity index (χ1n) is 8.53. The van der Waals surface area contributed by atoms with E-state index in [-0.39, 0.29) is 0 Å². The van der Waals surface area contributed by atoms with Crippen LogP contribution in [0.25, 0.3) is 0 Å².